The van der Waals surface area contributed by atoms with Gasteiger partial charge in [-0.25, -0.2) is 0 Å². The lowest BCUT2D eigenvalue weighted by Crippen LogP contribution is -2.40. The van der Waals surface area contributed by atoms with E-state index in [1.165, 1.54) is 0 Å². The van der Waals surface area contributed by atoms with Crippen LogP contribution in [0.4, 0.5) is 18.9 Å². The molecule has 1 saturated heterocycles. The molecule has 0 aromatic heterocycles. The lowest BCUT2D eigenvalue weighted by Gasteiger charge is -2.36. The van der Waals surface area contributed by atoms with Crippen molar-refractivity contribution in [1.82, 2.24) is 0 Å². The number of nitrogens with one attached hydrogen (secondary N) is 1. The van der Waals surface area contributed by atoms with E-state index in [1.54, 1.807) is 6.07 Å². The van der Waals surface area contributed by atoms with Crippen LogP contribution >= 0.6 is 15.9 Å². The second-order valence-electron chi connectivity index (χ2n) is 5.67. The standard InChI is InChI=1S/C14H17BrF3NO/c1-13(2)8-11(3-4-20-13)19-12-6-9(14(16,17)18)5-10(15)7-12/h5-7,11,19H,3-4,8H2,1-2H3. The lowest BCUT2D eigenvalue weighted by atomic mass is 9.94. The average Bonchev–Trinajstić information content (AvgIpc) is 2.25. The molecule has 1 N–H and O–H groups in total. The first-order valence-electron chi connectivity index (χ1n) is 6.44. The first-order valence-corrected chi connectivity index (χ1v) is 7.23. The van der Waals surface area contributed by atoms with E-state index in [-0.39, 0.29) is 11.6 Å². The van der Waals surface area contributed by atoms with Crippen molar-refractivity contribution < 1.29 is 17.9 Å². The number of rotatable bonds is 2. The summed E-state index contributed by atoms with van der Waals surface area (Å²) in [5, 5.41) is 3.18. The fraction of sp³-hybridized carbons (Fsp3) is 0.571. The first-order chi connectivity index (χ1) is 9.16. The zero-order valence-corrected chi connectivity index (χ0v) is 12.9. The summed E-state index contributed by atoms with van der Waals surface area (Å²) < 4.78 is 44.4. The van der Waals surface area contributed by atoms with Crippen LogP contribution in [0.15, 0.2) is 22.7 Å². The quantitative estimate of drug-likeness (QED) is 0.823. The fourth-order valence-electron chi connectivity index (χ4n) is 2.43. The molecule has 0 radical (unpaired) electrons. The summed E-state index contributed by atoms with van der Waals surface area (Å²) in [7, 11) is 0. The van der Waals surface area contributed by atoms with Crippen LogP contribution in [0, 0.1) is 0 Å². The SMILES string of the molecule is CC1(C)CC(Nc2cc(Br)cc(C(F)(F)F)c2)CCO1. The Morgan fingerprint density at radius 3 is 2.60 bits per heavy atom. The summed E-state index contributed by atoms with van der Waals surface area (Å²) in [5.74, 6) is 0. The van der Waals surface area contributed by atoms with Gasteiger partial charge in [0.1, 0.15) is 0 Å². The summed E-state index contributed by atoms with van der Waals surface area (Å²) >= 11 is 3.13. The van der Waals surface area contributed by atoms with Gasteiger partial charge >= 0.3 is 6.18 Å². The third kappa shape index (κ3) is 4.12. The molecule has 0 amide bonds. The number of hydrogen-bond acceptors (Lipinski definition) is 2. The van der Waals surface area contributed by atoms with E-state index in [2.05, 4.69) is 21.2 Å². The van der Waals surface area contributed by atoms with Crippen molar-refractivity contribution in [2.24, 2.45) is 0 Å². The molecule has 0 aliphatic carbocycles. The number of halogens is 4. The Kier molecular flexibility index (Phi) is 4.35. The van der Waals surface area contributed by atoms with Crippen molar-refractivity contribution >= 4 is 21.6 Å². The van der Waals surface area contributed by atoms with Crippen LogP contribution in [0.5, 0.6) is 0 Å². The number of ether oxygens (including phenoxy) is 1. The third-order valence-corrected chi connectivity index (χ3v) is 3.75. The van der Waals surface area contributed by atoms with Crippen molar-refractivity contribution in [3.05, 3.63) is 28.2 Å². The Labute approximate surface area is 124 Å². The Bertz CT molecular complexity index is 488. The van der Waals surface area contributed by atoms with Crippen LogP contribution in [0.3, 0.4) is 0 Å². The van der Waals surface area contributed by atoms with Gasteiger partial charge in [-0.2, -0.15) is 13.2 Å². The van der Waals surface area contributed by atoms with Crippen LogP contribution in [-0.2, 0) is 10.9 Å². The van der Waals surface area contributed by atoms with Crippen LogP contribution in [0.2, 0.25) is 0 Å². The number of benzene rings is 1. The van der Waals surface area contributed by atoms with E-state index < -0.39 is 11.7 Å². The maximum atomic E-state index is 12.8. The minimum absolute atomic E-state index is 0.120. The maximum absolute atomic E-state index is 12.8. The molecule has 1 aliphatic heterocycles. The summed E-state index contributed by atoms with van der Waals surface area (Å²) in [6.07, 6.45) is -2.78. The molecule has 1 aromatic rings. The first kappa shape index (κ1) is 15.6. The van der Waals surface area contributed by atoms with Gasteiger partial charge in [0.15, 0.2) is 0 Å². The zero-order valence-electron chi connectivity index (χ0n) is 11.4. The van der Waals surface area contributed by atoms with Gasteiger partial charge in [-0.15, -0.1) is 0 Å². The largest absolute Gasteiger partial charge is 0.416 e. The Morgan fingerprint density at radius 1 is 1.30 bits per heavy atom. The number of hydrogen-bond donors (Lipinski definition) is 1. The van der Waals surface area contributed by atoms with Crippen molar-refractivity contribution in [2.75, 3.05) is 11.9 Å². The van der Waals surface area contributed by atoms with Gasteiger partial charge in [-0.1, -0.05) is 15.9 Å². The van der Waals surface area contributed by atoms with Crippen molar-refractivity contribution in [1.29, 1.82) is 0 Å². The highest BCUT2D eigenvalue weighted by molar-refractivity contribution is 9.10. The highest BCUT2D eigenvalue weighted by atomic mass is 79.9. The molecule has 0 bridgehead atoms. The fourth-order valence-corrected chi connectivity index (χ4v) is 2.92. The van der Waals surface area contributed by atoms with Gasteiger partial charge in [0.25, 0.3) is 0 Å². The van der Waals surface area contributed by atoms with E-state index in [1.807, 2.05) is 13.8 Å². The van der Waals surface area contributed by atoms with Gasteiger partial charge in [0.2, 0.25) is 0 Å². The maximum Gasteiger partial charge on any atom is 0.416 e. The molecule has 6 heteroatoms. The zero-order chi connectivity index (χ0) is 15.0. The van der Waals surface area contributed by atoms with Gasteiger partial charge in [0, 0.05) is 22.8 Å². The minimum atomic E-state index is -4.34. The highest BCUT2D eigenvalue weighted by Gasteiger charge is 2.32. The van der Waals surface area contributed by atoms with E-state index in [4.69, 9.17) is 4.74 Å². The topological polar surface area (TPSA) is 21.3 Å². The molecule has 0 spiro atoms. The molecule has 2 nitrogen and oxygen atoms in total. The molecule has 1 atom stereocenters. The molecule has 1 unspecified atom stereocenters. The highest BCUT2D eigenvalue weighted by Crippen LogP contribution is 2.34. The van der Waals surface area contributed by atoms with Crippen molar-refractivity contribution in [3.63, 3.8) is 0 Å². The van der Waals surface area contributed by atoms with E-state index in [0.717, 1.165) is 25.0 Å². The number of anilines is 1. The molecule has 112 valence electrons. The van der Waals surface area contributed by atoms with Crippen LogP contribution in [0.25, 0.3) is 0 Å². The van der Waals surface area contributed by atoms with Gasteiger partial charge in [-0.05, 0) is 44.9 Å². The van der Waals surface area contributed by atoms with Gasteiger partial charge < -0.3 is 10.1 Å². The molecule has 1 fully saturated rings. The predicted octanol–water partition coefficient (Wildman–Crippen LogP) is 4.84. The van der Waals surface area contributed by atoms with E-state index >= 15 is 0 Å². The molecule has 1 aliphatic rings. The van der Waals surface area contributed by atoms with E-state index in [0.29, 0.717) is 16.8 Å². The Morgan fingerprint density at radius 2 is 2.00 bits per heavy atom. The smallest absolute Gasteiger partial charge is 0.382 e. The second-order valence-corrected chi connectivity index (χ2v) is 6.58. The Balaban J connectivity index is 2.15. The summed E-state index contributed by atoms with van der Waals surface area (Å²) in [6, 6.07) is 4.01. The predicted molar refractivity (Wildman–Crippen MR) is 75.8 cm³/mol. The van der Waals surface area contributed by atoms with Crippen molar-refractivity contribution in [3.8, 4) is 0 Å². The number of alkyl halides is 3. The minimum Gasteiger partial charge on any atom is -0.382 e. The lowest BCUT2D eigenvalue weighted by molar-refractivity contribution is -0.137. The van der Waals surface area contributed by atoms with Crippen LogP contribution < -0.4 is 5.32 Å². The molecular formula is C14H17BrF3NO. The molecule has 2 rings (SSSR count). The van der Waals surface area contributed by atoms with Gasteiger partial charge in [-0.3, -0.25) is 0 Å². The van der Waals surface area contributed by atoms with Gasteiger partial charge in [0.05, 0.1) is 11.2 Å². The van der Waals surface area contributed by atoms with E-state index in [9.17, 15) is 13.2 Å². The van der Waals surface area contributed by atoms with Crippen molar-refractivity contribution in [2.45, 2.75) is 44.5 Å². The Hall–Kier alpha value is -0.750. The molecular weight excluding hydrogens is 335 g/mol. The summed E-state index contributed by atoms with van der Waals surface area (Å²) in [5.41, 5.74) is -0.412. The second kappa shape index (κ2) is 5.56. The summed E-state index contributed by atoms with van der Waals surface area (Å²) in [6.45, 7) is 4.59. The average molecular weight is 352 g/mol. The van der Waals surface area contributed by atoms with Crippen LogP contribution in [0.1, 0.15) is 32.3 Å². The normalized spacial score (nSPS) is 22.6. The summed E-state index contributed by atoms with van der Waals surface area (Å²) in [4.78, 5) is 0. The monoisotopic (exact) mass is 351 g/mol. The molecule has 1 aromatic carbocycles. The third-order valence-electron chi connectivity index (χ3n) is 3.29. The molecule has 0 saturated carbocycles. The molecule has 20 heavy (non-hydrogen) atoms. The van der Waals surface area contributed by atoms with Crippen LogP contribution in [-0.4, -0.2) is 18.2 Å². The molecule has 1 heterocycles.